The molecule has 1 rings (SSSR count). The van der Waals surface area contributed by atoms with Crippen molar-refractivity contribution in [1.82, 2.24) is 4.90 Å². The SMILES string of the molecule is CCC(CC)(OC)[C@@H](C)[C@@H](OCc1ccccc1)C(=O)N(C)C. The Bertz CT molecular complexity index is 460. The lowest BCUT2D eigenvalue weighted by molar-refractivity contribution is -0.160. The first-order valence-electron chi connectivity index (χ1n) is 8.33. The fourth-order valence-corrected chi connectivity index (χ4v) is 3.09. The molecule has 0 fully saturated rings. The minimum atomic E-state index is -0.523. The molecule has 4 nitrogen and oxygen atoms in total. The number of amides is 1. The van der Waals surface area contributed by atoms with E-state index in [1.165, 1.54) is 0 Å². The van der Waals surface area contributed by atoms with Crippen molar-refractivity contribution in [2.45, 2.75) is 51.9 Å². The van der Waals surface area contributed by atoms with Crippen LogP contribution < -0.4 is 0 Å². The topological polar surface area (TPSA) is 38.8 Å². The van der Waals surface area contributed by atoms with Crippen molar-refractivity contribution in [3.05, 3.63) is 35.9 Å². The zero-order valence-electron chi connectivity index (χ0n) is 15.3. The Morgan fingerprint density at radius 3 is 2.17 bits per heavy atom. The second-order valence-electron chi connectivity index (χ2n) is 6.21. The Hall–Kier alpha value is -1.39. The molecule has 23 heavy (non-hydrogen) atoms. The van der Waals surface area contributed by atoms with Crippen LogP contribution in [0.3, 0.4) is 0 Å². The third-order valence-corrected chi connectivity index (χ3v) is 4.84. The molecule has 1 aromatic rings. The zero-order chi connectivity index (χ0) is 17.5. The van der Waals surface area contributed by atoms with Crippen LogP contribution in [0, 0.1) is 5.92 Å². The highest BCUT2D eigenvalue weighted by atomic mass is 16.5. The van der Waals surface area contributed by atoms with Gasteiger partial charge in [0, 0.05) is 27.1 Å². The van der Waals surface area contributed by atoms with E-state index in [4.69, 9.17) is 9.47 Å². The number of hydrogen-bond acceptors (Lipinski definition) is 3. The average Bonchev–Trinajstić information content (AvgIpc) is 2.58. The second kappa shape index (κ2) is 9.04. The molecule has 0 unspecified atom stereocenters. The zero-order valence-corrected chi connectivity index (χ0v) is 15.3. The summed E-state index contributed by atoms with van der Waals surface area (Å²) >= 11 is 0. The molecular weight excluding hydrogens is 290 g/mol. The van der Waals surface area contributed by atoms with E-state index in [0.717, 1.165) is 18.4 Å². The summed E-state index contributed by atoms with van der Waals surface area (Å²) < 4.78 is 11.9. The van der Waals surface area contributed by atoms with E-state index >= 15 is 0 Å². The highest BCUT2D eigenvalue weighted by molar-refractivity contribution is 5.80. The summed E-state index contributed by atoms with van der Waals surface area (Å²) in [6, 6.07) is 9.93. The van der Waals surface area contributed by atoms with Gasteiger partial charge in [-0.2, -0.15) is 0 Å². The Kier molecular flexibility index (Phi) is 7.73. The number of rotatable bonds is 9. The quantitative estimate of drug-likeness (QED) is 0.699. The van der Waals surface area contributed by atoms with Crippen molar-refractivity contribution in [3.63, 3.8) is 0 Å². The molecule has 0 radical (unpaired) electrons. The summed E-state index contributed by atoms with van der Waals surface area (Å²) in [6.45, 7) is 6.66. The third kappa shape index (κ3) is 4.79. The summed E-state index contributed by atoms with van der Waals surface area (Å²) in [7, 11) is 5.25. The summed E-state index contributed by atoms with van der Waals surface area (Å²) in [5.74, 6) is -0.0575. The first-order valence-corrected chi connectivity index (χ1v) is 8.33. The molecule has 0 aliphatic rings. The molecule has 0 N–H and O–H groups in total. The predicted octanol–water partition coefficient (Wildman–Crippen LogP) is 3.50. The smallest absolute Gasteiger partial charge is 0.251 e. The summed E-state index contributed by atoms with van der Waals surface area (Å²) in [4.78, 5) is 14.2. The summed E-state index contributed by atoms with van der Waals surface area (Å²) in [6.07, 6.45) is 1.16. The Balaban J connectivity index is 2.97. The lowest BCUT2D eigenvalue weighted by Crippen LogP contribution is -2.50. The largest absolute Gasteiger partial charge is 0.378 e. The number of likely N-dealkylation sites (N-methyl/N-ethyl adjacent to an activating group) is 1. The number of hydrogen-bond donors (Lipinski definition) is 0. The molecule has 130 valence electrons. The van der Waals surface area contributed by atoms with E-state index in [1.54, 1.807) is 26.1 Å². The van der Waals surface area contributed by atoms with Crippen molar-refractivity contribution >= 4 is 5.91 Å². The van der Waals surface area contributed by atoms with Gasteiger partial charge in [0.25, 0.3) is 5.91 Å². The normalized spacial score (nSPS) is 14.3. The van der Waals surface area contributed by atoms with E-state index in [2.05, 4.69) is 13.8 Å². The molecule has 0 bridgehead atoms. The highest BCUT2D eigenvalue weighted by Crippen LogP contribution is 2.33. The van der Waals surface area contributed by atoms with Gasteiger partial charge >= 0.3 is 0 Å². The van der Waals surface area contributed by atoms with E-state index < -0.39 is 6.10 Å². The Morgan fingerprint density at radius 1 is 1.17 bits per heavy atom. The standard InChI is InChI=1S/C19H31NO3/c1-7-19(8-2,22-6)15(3)17(18(21)20(4)5)23-14-16-12-10-9-11-13-16/h9-13,15,17H,7-8,14H2,1-6H3/t15-,17+/m0/s1. The number of nitrogens with zero attached hydrogens (tertiary/aromatic N) is 1. The first-order chi connectivity index (χ1) is 10.9. The van der Waals surface area contributed by atoms with Gasteiger partial charge in [-0.25, -0.2) is 0 Å². The molecule has 2 atom stereocenters. The van der Waals surface area contributed by atoms with Gasteiger partial charge in [0.1, 0.15) is 6.10 Å². The van der Waals surface area contributed by atoms with Crippen molar-refractivity contribution in [3.8, 4) is 0 Å². The van der Waals surface area contributed by atoms with Crippen LogP contribution in [0.5, 0.6) is 0 Å². The number of carbonyl (C=O) groups excluding carboxylic acids is 1. The van der Waals surface area contributed by atoms with Crippen LogP contribution in [0.15, 0.2) is 30.3 Å². The van der Waals surface area contributed by atoms with Gasteiger partial charge in [0.05, 0.1) is 12.2 Å². The number of methoxy groups -OCH3 is 1. The lowest BCUT2D eigenvalue weighted by Gasteiger charge is -2.40. The van der Waals surface area contributed by atoms with Crippen LogP contribution >= 0.6 is 0 Å². The highest BCUT2D eigenvalue weighted by Gasteiger charge is 2.41. The van der Waals surface area contributed by atoms with Gasteiger partial charge in [0.2, 0.25) is 0 Å². The molecule has 0 saturated heterocycles. The van der Waals surface area contributed by atoms with Crippen molar-refractivity contribution in [2.24, 2.45) is 5.92 Å². The maximum Gasteiger partial charge on any atom is 0.251 e. The van der Waals surface area contributed by atoms with Gasteiger partial charge in [-0.05, 0) is 18.4 Å². The second-order valence-corrected chi connectivity index (χ2v) is 6.21. The minimum Gasteiger partial charge on any atom is -0.378 e. The minimum absolute atomic E-state index is 0.0169. The fraction of sp³-hybridized carbons (Fsp3) is 0.632. The first kappa shape index (κ1) is 19.7. The summed E-state index contributed by atoms with van der Waals surface area (Å²) in [5, 5.41) is 0. The molecule has 0 heterocycles. The van der Waals surface area contributed by atoms with E-state index in [9.17, 15) is 4.79 Å². The van der Waals surface area contributed by atoms with Crippen LogP contribution in [0.1, 0.15) is 39.2 Å². The van der Waals surface area contributed by atoms with Crippen molar-refractivity contribution in [2.75, 3.05) is 21.2 Å². The molecule has 0 aromatic heterocycles. The maximum absolute atomic E-state index is 12.6. The number of benzene rings is 1. The van der Waals surface area contributed by atoms with Crippen LogP contribution in [0.2, 0.25) is 0 Å². The van der Waals surface area contributed by atoms with Gasteiger partial charge in [-0.3, -0.25) is 4.79 Å². The molecule has 1 amide bonds. The van der Waals surface area contributed by atoms with Gasteiger partial charge in [-0.1, -0.05) is 51.1 Å². The predicted molar refractivity (Wildman–Crippen MR) is 93.2 cm³/mol. The van der Waals surface area contributed by atoms with Gasteiger partial charge in [-0.15, -0.1) is 0 Å². The monoisotopic (exact) mass is 321 g/mol. The summed E-state index contributed by atoms with van der Waals surface area (Å²) in [5.41, 5.74) is 0.708. The molecule has 0 aliphatic heterocycles. The van der Waals surface area contributed by atoms with Gasteiger partial charge in [0.15, 0.2) is 0 Å². The van der Waals surface area contributed by atoms with E-state index in [0.29, 0.717) is 6.61 Å². The van der Waals surface area contributed by atoms with Crippen LogP contribution in [0.4, 0.5) is 0 Å². The van der Waals surface area contributed by atoms with Crippen molar-refractivity contribution in [1.29, 1.82) is 0 Å². The third-order valence-electron chi connectivity index (χ3n) is 4.84. The van der Waals surface area contributed by atoms with Crippen LogP contribution in [0.25, 0.3) is 0 Å². The number of carbonyl (C=O) groups is 1. The molecule has 4 heteroatoms. The molecule has 0 saturated carbocycles. The average molecular weight is 321 g/mol. The van der Waals surface area contributed by atoms with Crippen LogP contribution in [-0.4, -0.2) is 43.7 Å². The Morgan fingerprint density at radius 2 is 1.74 bits per heavy atom. The fourth-order valence-electron chi connectivity index (χ4n) is 3.09. The number of ether oxygens (including phenoxy) is 2. The maximum atomic E-state index is 12.6. The molecule has 0 aliphatic carbocycles. The van der Waals surface area contributed by atoms with E-state index in [-0.39, 0.29) is 17.4 Å². The van der Waals surface area contributed by atoms with Gasteiger partial charge < -0.3 is 14.4 Å². The molecular formula is C19H31NO3. The molecule has 0 spiro atoms. The van der Waals surface area contributed by atoms with Crippen molar-refractivity contribution < 1.29 is 14.3 Å². The van der Waals surface area contributed by atoms with E-state index in [1.807, 2.05) is 37.3 Å². The Labute approximate surface area is 140 Å². The van der Waals surface area contributed by atoms with Crippen LogP contribution in [-0.2, 0) is 20.9 Å². The molecule has 1 aromatic carbocycles. The lowest BCUT2D eigenvalue weighted by atomic mass is 9.79.